The van der Waals surface area contributed by atoms with E-state index in [-0.39, 0.29) is 18.4 Å². The van der Waals surface area contributed by atoms with E-state index in [0.717, 1.165) is 11.3 Å². The zero-order valence-corrected chi connectivity index (χ0v) is 14.0. The maximum atomic E-state index is 12.6. The fourth-order valence-corrected chi connectivity index (χ4v) is 2.89. The molecular formula is C16H25N3O3. The van der Waals surface area contributed by atoms with Crippen LogP contribution in [0.1, 0.15) is 44.2 Å². The molecule has 1 atom stereocenters. The molecule has 0 radical (unpaired) electrons. The van der Waals surface area contributed by atoms with Gasteiger partial charge in [0.1, 0.15) is 11.8 Å². The number of piperazine rings is 1. The van der Waals surface area contributed by atoms with Crippen LogP contribution < -0.4 is 0 Å². The first-order valence-corrected chi connectivity index (χ1v) is 7.85. The Morgan fingerprint density at radius 1 is 1.32 bits per heavy atom. The average molecular weight is 307 g/mol. The van der Waals surface area contributed by atoms with E-state index in [2.05, 4.69) is 19.0 Å². The lowest BCUT2D eigenvalue weighted by atomic mass is 9.98. The molecule has 0 bridgehead atoms. The third-order valence-electron chi connectivity index (χ3n) is 4.21. The molecule has 1 aliphatic rings. The maximum Gasteiger partial charge on any atom is 0.245 e. The SMILES string of the molecule is CCN1CC(=O)N(Cc2c(C)noc2C)[C@@H](CC(C)C)C1=O. The van der Waals surface area contributed by atoms with Gasteiger partial charge in [-0.3, -0.25) is 9.59 Å². The number of carbonyl (C=O) groups excluding carboxylic acids is 2. The van der Waals surface area contributed by atoms with Gasteiger partial charge in [-0.25, -0.2) is 0 Å². The van der Waals surface area contributed by atoms with E-state index >= 15 is 0 Å². The summed E-state index contributed by atoms with van der Waals surface area (Å²) in [6.07, 6.45) is 0.671. The van der Waals surface area contributed by atoms with E-state index in [9.17, 15) is 9.59 Å². The number of aromatic nitrogens is 1. The van der Waals surface area contributed by atoms with Crippen molar-refractivity contribution in [2.45, 2.75) is 53.6 Å². The van der Waals surface area contributed by atoms with Crippen LogP contribution in [0.2, 0.25) is 0 Å². The Labute approximate surface area is 131 Å². The van der Waals surface area contributed by atoms with Crippen molar-refractivity contribution >= 4 is 11.8 Å². The Kier molecular flexibility index (Phi) is 4.88. The number of likely N-dealkylation sites (N-methyl/N-ethyl adjacent to an activating group) is 1. The van der Waals surface area contributed by atoms with Gasteiger partial charge in [0.15, 0.2) is 0 Å². The van der Waals surface area contributed by atoms with Crippen LogP contribution in [0.3, 0.4) is 0 Å². The van der Waals surface area contributed by atoms with Crippen LogP contribution in [-0.2, 0) is 16.1 Å². The number of rotatable bonds is 5. The van der Waals surface area contributed by atoms with Crippen molar-refractivity contribution in [1.29, 1.82) is 0 Å². The first kappa shape index (κ1) is 16.5. The molecule has 2 amide bonds. The number of hydrogen-bond acceptors (Lipinski definition) is 4. The summed E-state index contributed by atoms with van der Waals surface area (Å²) < 4.78 is 5.17. The number of carbonyl (C=O) groups is 2. The van der Waals surface area contributed by atoms with Crippen molar-refractivity contribution < 1.29 is 14.1 Å². The molecule has 0 aliphatic carbocycles. The summed E-state index contributed by atoms with van der Waals surface area (Å²) >= 11 is 0. The molecule has 0 aromatic carbocycles. The number of nitrogens with zero attached hydrogens (tertiary/aromatic N) is 3. The van der Waals surface area contributed by atoms with Crippen LogP contribution in [0, 0.1) is 19.8 Å². The molecular weight excluding hydrogens is 282 g/mol. The molecule has 122 valence electrons. The highest BCUT2D eigenvalue weighted by molar-refractivity contribution is 5.94. The van der Waals surface area contributed by atoms with Crippen LogP contribution in [-0.4, -0.2) is 45.9 Å². The normalized spacial score (nSPS) is 19.5. The molecule has 2 rings (SSSR count). The molecule has 1 aromatic heterocycles. The molecule has 6 heteroatoms. The van der Waals surface area contributed by atoms with Crippen LogP contribution in [0.5, 0.6) is 0 Å². The lowest BCUT2D eigenvalue weighted by Crippen LogP contribution is -2.59. The highest BCUT2D eigenvalue weighted by Gasteiger charge is 2.39. The standard InChI is InChI=1S/C16H25N3O3/c1-6-18-9-15(20)19(14(16(18)21)7-10(2)3)8-13-11(4)17-22-12(13)5/h10,14H,6-9H2,1-5H3/t14-/m0/s1. The van der Waals surface area contributed by atoms with E-state index in [1.165, 1.54) is 0 Å². The molecule has 1 fully saturated rings. The molecule has 0 unspecified atom stereocenters. The second-order valence-corrected chi connectivity index (χ2v) is 6.32. The largest absolute Gasteiger partial charge is 0.361 e. The molecule has 2 heterocycles. The highest BCUT2D eigenvalue weighted by Crippen LogP contribution is 2.24. The number of amides is 2. The predicted octanol–water partition coefficient (Wildman–Crippen LogP) is 1.90. The summed E-state index contributed by atoms with van der Waals surface area (Å²) in [7, 11) is 0. The fourth-order valence-electron chi connectivity index (χ4n) is 2.89. The van der Waals surface area contributed by atoms with Crippen LogP contribution >= 0.6 is 0 Å². The third kappa shape index (κ3) is 3.15. The Bertz CT molecular complexity index is 545. The van der Waals surface area contributed by atoms with E-state index < -0.39 is 6.04 Å². The zero-order chi connectivity index (χ0) is 16.4. The van der Waals surface area contributed by atoms with Crippen molar-refractivity contribution in [3.63, 3.8) is 0 Å². The Balaban J connectivity index is 2.29. The summed E-state index contributed by atoms with van der Waals surface area (Å²) in [6, 6.07) is -0.394. The molecule has 1 aromatic rings. The summed E-state index contributed by atoms with van der Waals surface area (Å²) in [6.45, 7) is 10.8. The second-order valence-electron chi connectivity index (χ2n) is 6.32. The number of aryl methyl sites for hydroxylation is 2. The molecule has 1 saturated heterocycles. The maximum absolute atomic E-state index is 12.6. The van der Waals surface area contributed by atoms with E-state index in [1.807, 2.05) is 20.8 Å². The lowest BCUT2D eigenvalue weighted by molar-refractivity contribution is -0.157. The smallest absolute Gasteiger partial charge is 0.245 e. The Hall–Kier alpha value is -1.85. The molecule has 0 N–H and O–H groups in total. The van der Waals surface area contributed by atoms with Gasteiger partial charge in [-0.15, -0.1) is 0 Å². The topological polar surface area (TPSA) is 66.7 Å². The van der Waals surface area contributed by atoms with Crippen LogP contribution in [0.25, 0.3) is 0 Å². The summed E-state index contributed by atoms with van der Waals surface area (Å²) in [5.41, 5.74) is 1.68. The van der Waals surface area contributed by atoms with Gasteiger partial charge in [0.25, 0.3) is 0 Å². The molecule has 22 heavy (non-hydrogen) atoms. The predicted molar refractivity (Wildman–Crippen MR) is 82.0 cm³/mol. The summed E-state index contributed by atoms with van der Waals surface area (Å²) in [5.74, 6) is 1.08. The Morgan fingerprint density at radius 2 is 2.00 bits per heavy atom. The lowest BCUT2D eigenvalue weighted by Gasteiger charge is -2.40. The number of hydrogen-bond donors (Lipinski definition) is 0. The molecule has 6 nitrogen and oxygen atoms in total. The first-order valence-electron chi connectivity index (χ1n) is 7.85. The first-order chi connectivity index (χ1) is 10.3. The van der Waals surface area contributed by atoms with Crippen molar-refractivity contribution in [1.82, 2.24) is 15.0 Å². The third-order valence-corrected chi connectivity index (χ3v) is 4.21. The minimum absolute atomic E-state index is 0.00731. The second kappa shape index (κ2) is 6.50. The van der Waals surface area contributed by atoms with Gasteiger partial charge in [0, 0.05) is 12.1 Å². The van der Waals surface area contributed by atoms with Crippen molar-refractivity contribution in [2.24, 2.45) is 5.92 Å². The van der Waals surface area contributed by atoms with Gasteiger partial charge in [0.05, 0.1) is 18.8 Å². The van der Waals surface area contributed by atoms with Crippen LogP contribution in [0.4, 0.5) is 0 Å². The van der Waals surface area contributed by atoms with Crippen molar-refractivity contribution in [3.05, 3.63) is 17.0 Å². The van der Waals surface area contributed by atoms with Gasteiger partial charge >= 0.3 is 0 Å². The summed E-state index contributed by atoms with van der Waals surface area (Å²) in [5, 5.41) is 3.93. The van der Waals surface area contributed by atoms with Gasteiger partial charge in [-0.2, -0.15) is 0 Å². The highest BCUT2D eigenvalue weighted by atomic mass is 16.5. The minimum Gasteiger partial charge on any atom is -0.361 e. The van der Waals surface area contributed by atoms with Crippen molar-refractivity contribution in [2.75, 3.05) is 13.1 Å². The monoisotopic (exact) mass is 307 g/mol. The molecule has 0 saturated carbocycles. The fraction of sp³-hybridized carbons (Fsp3) is 0.688. The molecule has 0 spiro atoms. The van der Waals surface area contributed by atoms with E-state index in [1.54, 1.807) is 9.80 Å². The van der Waals surface area contributed by atoms with Gasteiger partial charge in [-0.1, -0.05) is 19.0 Å². The molecule has 1 aliphatic heterocycles. The zero-order valence-electron chi connectivity index (χ0n) is 14.0. The van der Waals surface area contributed by atoms with E-state index in [0.29, 0.717) is 31.2 Å². The van der Waals surface area contributed by atoms with E-state index in [4.69, 9.17) is 4.52 Å². The van der Waals surface area contributed by atoms with Crippen molar-refractivity contribution in [3.8, 4) is 0 Å². The van der Waals surface area contributed by atoms with Gasteiger partial charge < -0.3 is 14.3 Å². The van der Waals surface area contributed by atoms with Crippen LogP contribution in [0.15, 0.2) is 4.52 Å². The van der Waals surface area contributed by atoms with Gasteiger partial charge in [0.2, 0.25) is 11.8 Å². The minimum atomic E-state index is -0.394. The quantitative estimate of drug-likeness (QED) is 0.833. The Morgan fingerprint density at radius 3 is 2.50 bits per heavy atom. The van der Waals surface area contributed by atoms with Gasteiger partial charge in [-0.05, 0) is 33.1 Å². The summed E-state index contributed by atoms with van der Waals surface area (Å²) in [4.78, 5) is 28.5. The average Bonchev–Trinajstić information content (AvgIpc) is 2.77.